The molecule has 0 atom stereocenters. The highest BCUT2D eigenvalue weighted by atomic mass is 19.1. The highest BCUT2D eigenvalue weighted by molar-refractivity contribution is 5.30. The Kier molecular flexibility index (Phi) is 7.08. The molecule has 0 bridgehead atoms. The maximum absolute atomic E-state index is 15.0. The van der Waals surface area contributed by atoms with Gasteiger partial charge in [0.2, 0.25) is 0 Å². The summed E-state index contributed by atoms with van der Waals surface area (Å²) in [6.07, 6.45) is 5.69. The first-order valence-electron chi connectivity index (χ1n) is 11.8. The minimum atomic E-state index is -1.43. The van der Waals surface area contributed by atoms with Gasteiger partial charge in [-0.3, -0.25) is 0 Å². The third kappa shape index (κ3) is 5.18. The van der Waals surface area contributed by atoms with Crippen LogP contribution >= 0.6 is 0 Å². The first kappa shape index (κ1) is 22.4. The van der Waals surface area contributed by atoms with E-state index in [-0.39, 0.29) is 24.9 Å². The van der Waals surface area contributed by atoms with E-state index in [1.165, 1.54) is 17.2 Å². The second-order valence-electron chi connectivity index (χ2n) is 9.28. The van der Waals surface area contributed by atoms with E-state index in [1.807, 2.05) is 19.1 Å². The van der Waals surface area contributed by atoms with Crippen molar-refractivity contribution in [2.24, 2.45) is 0 Å². The Hall–Kier alpha value is -1.78. The van der Waals surface area contributed by atoms with Crippen LogP contribution in [-0.4, -0.2) is 18.9 Å². The highest BCUT2D eigenvalue weighted by Crippen LogP contribution is 2.42. The molecule has 168 valence electrons. The van der Waals surface area contributed by atoms with Crippen molar-refractivity contribution >= 4 is 0 Å². The normalized spacial score (nSPS) is 29.1. The molecule has 4 heteroatoms. The standard InChI is InChI=1S/C27H34F2O2/c1-3-15-27(29)17-30-26(31-18-27)23-13-14-24(25(28)16-23)22-11-9-21(10-12-22)20-7-5-19(4-2)6-8-20/h5-8,13-14,16,21-22,26H,3-4,9-12,15,17-18H2,1-2H3. The Bertz CT molecular complexity index is 848. The highest BCUT2D eigenvalue weighted by Gasteiger charge is 2.37. The average molecular weight is 429 g/mol. The maximum atomic E-state index is 15.0. The molecule has 2 nitrogen and oxygen atoms in total. The van der Waals surface area contributed by atoms with E-state index in [9.17, 15) is 8.78 Å². The van der Waals surface area contributed by atoms with Crippen LogP contribution in [0.4, 0.5) is 8.78 Å². The summed E-state index contributed by atoms with van der Waals surface area (Å²) in [5.41, 5.74) is 2.76. The lowest BCUT2D eigenvalue weighted by Crippen LogP contribution is -2.41. The lowest BCUT2D eigenvalue weighted by atomic mass is 9.76. The predicted octanol–water partition coefficient (Wildman–Crippen LogP) is 7.38. The van der Waals surface area contributed by atoms with Crippen LogP contribution in [0.25, 0.3) is 0 Å². The zero-order valence-corrected chi connectivity index (χ0v) is 18.7. The SMILES string of the molecule is CCCC1(F)COC(c2ccc(C3CCC(c4ccc(CC)cc4)CC3)c(F)c2)OC1. The Labute approximate surface area is 185 Å². The molecule has 2 aromatic rings. The molecule has 4 rings (SSSR count). The van der Waals surface area contributed by atoms with Crippen molar-refractivity contribution in [2.45, 2.75) is 82.6 Å². The molecule has 1 aliphatic carbocycles. The van der Waals surface area contributed by atoms with Crippen LogP contribution in [0.1, 0.15) is 92.8 Å². The number of benzene rings is 2. The number of hydrogen-bond acceptors (Lipinski definition) is 2. The van der Waals surface area contributed by atoms with Crippen molar-refractivity contribution < 1.29 is 18.3 Å². The van der Waals surface area contributed by atoms with Crippen molar-refractivity contribution in [3.63, 3.8) is 0 Å². The molecular formula is C27H34F2O2. The zero-order valence-electron chi connectivity index (χ0n) is 18.7. The molecular weight excluding hydrogens is 394 g/mol. The first-order valence-corrected chi connectivity index (χ1v) is 11.8. The van der Waals surface area contributed by atoms with Crippen LogP contribution in [0.5, 0.6) is 0 Å². The van der Waals surface area contributed by atoms with Gasteiger partial charge in [-0.15, -0.1) is 0 Å². The number of hydrogen-bond donors (Lipinski definition) is 0. The largest absolute Gasteiger partial charge is 0.345 e. The van der Waals surface area contributed by atoms with Crippen LogP contribution in [0.3, 0.4) is 0 Å². The van der Waals surface area contributed by atoms with Gasteiger partial charge in [-0.25, -0.2) is 8.78 Å². The van der Waals surface area contributed by atoms with E-state index in [2.05, 4.69) is 31.2 Å². The van der Waals surface area contributed by atoms with Gasteiger partial charge in [0.15, 0.2) is 12.0 Å². The fourth-order valence-corrected chi connectivity index (χ4v) is 5.11. The summed E-state index contributed by atoms with van der Waals surface area (Å²) in [6, 6.07) is 14.2. The van der Waals surface area contributed by atoms with E-state index in [4.69, 9.17) is 9.47 Å². The van der Waals surface area contributed by atoms with E-state index >= 15 is 0 Å². The van der Waals surface area contributed by atoms with Crippen LogP contribution in [0, 0.1) is 5.82 Å². The van der Waals surface area contributed by atoms with Crippen LogP contribution in [0.15, 0.2) is 42.5 Å². The topological polar surface area (TPSA) is 18.5 Å². The van der Waals surface area contributed by atoms with Crippen LogP contribution in [-0.2, 0) is 15.9 Å². The van der Waals surface area contributed by atoms with E-state index in [1.54, 1.807) is 0 Å². The van der Waals surface area contributed by atoms with Gasteiger partial charge in [-0.1, -0.05) is 56.7 Å². The molecule has 0 aromatic heterocycles. The van der Waals surface area contributed by atoms with Gasteiger partial charge in [0.05, 0.1) is 13.2 Å². The molecule has 0 unspecified atom stereocenters. The minimum Gasteiger partial charge on any atom is -0.345 e. The average Bonchev–Trinajstić information content (AvgIpc) is 2.80. The third-order valence-electron chi connectivity index (χ3n) is 7.01. The molecule has 2 aliphatic rings. The molecule has 0 radical (unpaired) electrons. The lowest BCUT2D eigenvalue weighted by molar-refractivity contribution is -0.239. The molecule has 2 fully saturated rings. The Balaban J connectivity index is 1.36. The monoisotopic (exact) mass is 428 g/mol. The van der Waals surface area contributed by atoms with Gasteiger partial charge in [-0.2, -0.15) is 0 Å². The molecule has 0 amide bonds. The number of alkyl halides is 1. The zero-order chi connectivity index (χ0) is 21.8. The van der Waals surface area contributed by atoms with Gasteiger partial charge in [0.1, 0.15) is 5.82 Å². The van der Waals surface area contributed by atoms with Crippen LogP contribution in [0.2, 0.25) is 0 Å². The fraction of sp³-hybridized carbons (Fsp3) is 0.556. The molecule has 0 N–H and O–H groups in total. The molecule has 1 saturated heterocycles. The van der Waals surface area contributed by atoms with Gasteiger partial charge in [-0.05, 0) is 73.1 Å². The second-order valence-corrected chi connectivity index (χ2v) is 9.28. The van der Waals surface area contributed by atoms with Gasteiger partial charge in [0, 0.05) is 5.56 Å². The van der Waals surface area contributed by atoms with E-state index in [0.717, 1.165) is 44.1 Å². The molecule has 1 aliphatic heterocycles. The first-order chi connectivity index (χ1) is 15.0. The Morgan fingerprint density at radius 1 is 0.871 bits per heavy atom. The third-order valence-corrected chi connectivity index (χ3v) is 7.01. The van der Waals surface area contributed by atoms with Gasteiger partial charge >= 0.3 is 0 Å². The lowest BCUT2D eigenvalue weighted by Gasteiger charge is -2.34. The molecule has 2 aromatic carbocycles. The number of rotatable bonds is 6. The molecule has 1 heterocycles. The number of halogens is 2. The predicted molar refractivity (Wildman–Crippen MR) is 120 cm³/mol. The number of aryl methyl sites for hydroxylation is 1. The van der Waals surface area contributed by atoms with Crippen LogP contribution < -0.4 is 0 Å². The number of ether oxygens (including phenoxy) is 2. The summed E-state index contributed by atoms with van der Waals surface area (Å²) in [7, 11) is 0. The Morgan fingerprint density at radius 3 is 2.06 bits per heavy atom. The molecule has 0 spiro atoms. The van der Waals surface area contributed by atoms with Crippen molar-refractivity contribution in [1.82, 2.24) is 0 Å². The van der Waals surface area contributed by atoms with Crippen molar-refractivity contribution in [3.8, 4) is 0 Å². The quantitative estimate of drug-likeness (QED) is 0.478. The van der Waals surface area contributed by atoms with Gasteiger partial charge < -0.3 is 9.47 Å². The summed E-state index contributed by atoms with van der Waals surface area (Å²) in [6.45, 7) is 4.11. The van der Waals surface area contributed by atoms with Gasteiger partial charge in [0.25, 0.3) is 0 Å². The minimum absolute atomic E-state index is 0.00186. The second kappa shape index (κ2) is 9.79. The summed E-state index contributed by atoms with van der Waals surface area (Å²) in [4.78, 5) is 0. The summed E-state index contributed by atoms with van der Waals surface area (Å²) in [5.74, 6) is 0.611. The maximum Gasteiger partial charge on any atom is 0.184 e. The smallest absolute Gasteiger partial charge is 0.184 e. The van der Waals surface area contributed by atoms with Crippen molar-refractivity contribution in [2.75, 3.05) is 13.2 Å². The summed E-state index contributed by atoms with van der Waals surface area (Å²) >= 11 is 0. The molecule has 1 saturated carbocycles. The molecule has 31 heavy (non-hydrogen) atoms. The summed E-state index contributed by atoms with van der Waals surface area (Å²) in [5, 5.41) is 0. The summed E-state index contributed by atoms with van der Waals surface area (Å²) < 4.78 is 40.7. The Morgan fingerprint density at radius 2 is 1.48 bits per heavy atom. The van der Waals surface area contributed by atoms with Crippen molar-refractivity contribution in [3.05, 3.63) is 70.5 Å². The van der Waals surface area contributed by atoms with Crippen molar-refractivity contribution in [1.29, 1.82) is 0 Å². The van der Waals surface area contributed by atoms with E-state index in [0.29, 0.717) is 17.9 Å². The van der Waals surface area contributed by atoms with E-state index < -0.39 is 12.0 Å². The fourth-order valence-electron chi connectivity index (χ4n) is 5.11.